The minimum Gasteiger partial charge on any atom is -0.366 e. The summed E-state index contributed by atoms with van der Waals surface area (Å²) >= 11 is 11.3. The van der Waals surface area contributed by atoms with Crippen molar-refractivity contribution in [2.45, 2.75) is 19.4 Å². The molecule has 1 aromatic rings. The van der Waals surface area contributed by atoms with Gasteiger partial charge in [0.1, 0.15) is 5.02 Å². The van der Waals surface area contributed by atoms with Crippen LogP contribution >= 0.6 is 23.2 Å². The van der Waals surface area contributed by atoms with Crippen molar-refractivity contribution < 1.29 is 0 Å². The van der Waals surface area contributed by atoms with Gasteiger partial charge in [-0.05, 0) is 13.3 Å². The first-order chi connectivity index (χ1) is 6.65. The van der Waals surface area contributed by atoms with Gasteiger partial charge in [0, 0.05) is 11.9 Å². The number of aromatic amines is 1. The van der Waals surface area contributed by atoms with Crippen LogP contribution in [0.2, 0.25) is 5.02 Å². The summed E-state index contributed by atoms with van der Waals surface area (Å²) in [5.41, 5.74) is -0.345. The summed E-state index contributed by atoms with van der Waals surface area (Å²) in [4.78, 5) is 17.4. The predicted octanol–water partition coefficient (Wildman–Crippen LogP) is 1.85. The quantitative estimate of drug-likeness (QED) is 0.784. The maximum absolute atomic E-state index is 11.1. The zero-order chi connectivity index (χ0) is 10.6. The van der Waals surface area contributed by atoms with Crippen LogP contribution in [0.5, 0.6) is 0 Å². The molecule has 0 spiro atoms. The SMILES string of the molecule is CC(CCCl)Nc1nc[nH]c(=O)c1Cl. The van der Waals surface area contributed by atoms with E-state index in [1.54, 1.807) is 0 Å². The highest BCUT2D eigenvalue weighted by atomic mass is 35.5. The van der Waals surface area contributed by atoms with Crippen molar-refractivity contribution in [2.24, 2.45) is 0 Å². The summed E-state index contributed by atoms with van der Waals surface area (Å²) in [6.07, 6.45) is 2.09. The van der Waals surface area contributed by atoms with Gasteiger partial charge >= 0.3 is 0 Å². The molecule has 0 saturated heterocycles. The average molecular weight is 236 g/mol. The summed E-state index contributed by atoms with van der Waals surface area (Å²) in [5, 5.41) is 3.08. The summed E-state index contributed by atoms with van der Waals surface area (Å²) in [5.74, 6) is 0.947. The van der Waals surface area contributed by atoms with Crippen molar-refractivity contribution in [3.63, 3.8) is 0 Å². The molecule has 0 aromatic carbocycles. The molecule has 4 nitrogen and oxygen atoms in total. The molecular weight excluding hydrogens is 225 g/mol. The number of rotatable bonds is 4. The molecule has 1 aromatic heterocycles. The first kappa shape index (κ1) is 11.3. The Labute approximate surface area is 91.6 Å². The number of nitrogens with one attached hydrogen (secondary N) is 2. The van der Waals surface area contributed by atoms with E-state index >= 15 is 0 Å². The van der Waals surface area contributed by atoms with Crippen LogP contribution in [0.4, 0.5) is 5.82 Å². The van der Waals surface area contributed by atoms with E-state index < -0.39 is 0 Å². The Morgan fingerprint density at radius 1 is 1.71 bits per heavy atom. The molecule has 0 bridgehead atoms. The van der Waals surface area contributed by atoms with Gasteiger partial charge in [0.15, 0.2) is 5.82 Å². The van der Waals surface area contributed by atoms with Gasteiger partial charge in [0.25, 0.3) is 5.56 Å². The first-order valence-corrected chi connectivity index (χ1v) is 5.12. The molecule has 1 rings (SSSR count). The molecule has 78 valence electrons. The second-order valence-corrected chi connectivity index (χ2v) is 3.67. The van der Waals surface area contributed by atoms with E-state index in [9.17, 15) is 4.79 Å². The number of alkyl halides is 1. The Kier molecular flexibility index (Phi) is 4.22. The number of hydrogen-bond acceptors (Lipinski definition) is 3. The van der Waals surface area contributed by atoms with E-state index in [0.717, 1.165) is 6.42 Å². The van der Waals surface area contributed by atoms with Gasteiger partial charge in [0.2, 0.25) is 0 Å². The normalized spacial score (nSPS) is 12.5. The largest absolute Gasteiger partial charge is 0.366 e. The van der Waals surface area contributed by atoms with Gasteiger partial charge in [-0.25, -0.2) is 4.98 Å². The van der Waals surface area contributed by atoms with Crippen LogP contribution in [-0.2, 0) is 0 Å². The fourth-order valence-electron chi connectivity index (χ4n) is 0.953. The molecule has 1 heterocycles. The molecule has 2 N–H and O–H groups in total. The van der Waals surface area contributed by atoms with Crippen LogP contribution in [0.1, 0.15) is 13.3 Å². The molecule has 0 fully saturated rings. The molecule has 14 heavy (non-hydrogen) atoms. The van der Waals surface area contributed by atoms with Crippen LogP contribution in [0, 0.1) is 0 Å². The van der Waals surface area contributed by atoms with Crippen molar-refractivity contribution in [3.8, 4) is 0 Å². The molecule has 0 saturated carbocycles. The maximum atomic E-state index is 11.1. The van der Waals surface area contributed by atoms with Crippen LogP contribution in [-0.4, -0.2) is 21.9 Å². The lowest BCUT2D eigenvalue weighted by atomic mass is 10.2. The van der Waals surface area contributed by atoms with E-state index in [2.05, 4.69) is 15.3 Å². The van der Waals surface area contributed by atoms with E-state index in [0.29, 0.717) is 11.7 Å². The summed E-state index contributed by atoms with van der Waals surface area (Å²) < 4.78 is 0. The molecule has 0 aliphatic carbocycles. The lowest BCUT2D eigenvalue weighted by molar-refractivity contribution is 0.762. The highest BCUT2D eigenvalue weighted by molar-refractivity contribution is 6.32. The van der Waals surface area contributed by atoms with Crippen LogP contribution < -0.4 is 10.9 Å². The third kappa shape index (κ3) is 2.89. The van der Waals surface area contributed by atoms with E-state index in [1.165, 1.54) is 6.33 Å². The summed E-state index contributed by atoms with van der Waals surface area (Å²) in [6, 6.07) is 0.138. The number of halogens is 2. The molecule has 0 radical (unpaired) electrons. The van der Waals surface area contributed by atoms with Gasteiger partial charge in [-0.3, -0.25) is 4.79 Å². The maximum Gasteiger partial charge on any atom is 0.271 e. The van der Waals surface area contributed by atoms with Crippen molar-refractivity contribution in [3.05, 3.63) is 21.7 Å². The Hall–Kier alpha value is -0.740. The lowest BCUT2D eigenvalue weighted by Crippen LogP contribution is -2.19. The highest BCUT2D eigenvalue weighted by Crippen LogP contribution is 2.14. The molecule has 1 unspecified atom stereocenters. The Morgan fingerprint density at radius 2 is 2.43 bits per heavy atom. The van der Waals surface area contributed by atoms with Gasteiger partial charge in [-0.2, -0.15) is 0 Å². The third-order valence-corrected chi connectivity index (χ3v) is 2.29. The van der Waals surface area contributed by atoms with E-state index in [1.807, 2.05) is 6.92 Å². The van der Waals surface area contributed by atoms with Crippen molar-refractivity contribution >= 4 is 29.0 Å². The van der Waals surface area contributed by atoms with Crippen LogP contribution in [0.15, 0.2) is 11.1 Å². The number of hydrogen-bond donors (Lipinski definition) is 2. The second kappa shape index (κ2) is 5.22. The van der Waals surface area contributed by atoms with Crippen LogP contribution in [0.25, 0.3) is 0 Å². The topological polar surface area (TPSA) is 57.8 Å². The standard InChI is InChI=1S/C8H11Cl2N3O/c1-5(2-3-9)13-7-6(10)8(14)12-4-11-7/h4-5H,2-3H2,1H3,(H2,11,12,13,14). The van der Waals surface area contributed by atoms with Crippen LogP contribution in [0.3, 0.4) is 0 Å². The second-order valence-electron chi connectivity index (χ2n) is 2.92. The van der Waals surface area contributed by atoms with Gasteiger partial charge in [-0.15, -0.1) is 11.6 Å². The number of H-pyrrole nitrogens is 1. The number of anilines is 1. The Balaban J connectivity index is 2.76. The number of aromatic nitrogens is 2. The fraction of sp³-hybridized carbons (Fsp3) is 0.500. The average Bonchev–Trinajstić information content (AvgIpc) is 2.13. The minimum atomic E-state index is -0.345. The monoisotopic (exact) mass is 235 g/mol. The summed E-state index contributed by atoms with van der Waals surface area (Å²) in [7, 11) is 0. The zero-order valence-corrected chi connectivity index (χ0v) is 9.19. The zero-order valence-electron chi connectivity index (χ0n) is 7.68. The van der Waals surface area contributed by atoms with Gasteiger partial charge in [-0.1, -0.05) is 11.6 Å². The third-order valence-electron chi connectivity index (χ3n) is 1.72. The molecule has 0 aliphatic heterocycles. The van der Waals surface area contributed by atoms with E-state index in [-0.39, 0.29) is 16.6 Å². The minimum absolute atomic E-state index is 0.0777. The van der Waals surface area contributed by atoms with Gasteiger partial charge < -0.3 is 10.3 Å². The number of nitrogens with zero attached hydrogens (tertiary/aromatic N) is 1. The molecule has 6 heteroatoms. The van der Waals surface area contributed by atoms with Gasteiger partial charge in [0.05, 0.1) is 6.33 Å². The molecule has 0 amide bonds. The Bertz CT molecular complexity index is 353. The molecule has 1 atom stereocenters. The first-order valence-electron chi connectivity index (χ1n) is 4.21. The van der Waals surface area contributed by atoms with E-state index in [4.69, 9.17) is 23.2 Å². The Morgan fingerprint density at radius 3 is 3.07 bits per heavy atom. The lowest BCUT2D eigenvalue weighted by Gasteiger charge is -2.12. The highest BCUT2D eigenvalue weighted by Gasteiger charge is 2.08. The smallest absolute Gasteiger partial charge is 0.271 e. The fourth-order valence-corrected chi connectivity index (χ4v) is 1.44. The summed E-state index contributed by atoms with van der Waals surface area (Å²) in [6.45, 7) is 1.95. The van der Waals surface area contributed by atoms with Crippen molar-refractivity contribution in [1.82, 2.24) is 9.97 Å². The predicted molar refractivity (Wildman–Crippen MR) is 58.3 cm³/mol. The molecular formula is C8H11Cl2N3O. The van der Waals surface area contributed by atoms with Crippen molar-refractivity contribution in [2.75, 3.05) is 11.2 Å². The molecule has 0 aliphatic rings. The van der Waals surface area contributed by atoms with Crippen molar-refractivity contribution in [1.29, 1.82) is 0 Å².